The molecule has 0 spiro atoms. The van der Waals surface area contributed by atoms with Crippen LogP contribution in [0.4, 0.5) is 13.2 Å². The minimum Gasteiger partial charge on any atom is -0.325 e. The molecule has 0 N–H and O–H groups in total. The average Bonchev–Trinajstić information content (AvgIpc) is 3.10. The van der Waals surface area contributed by atoms with Crippen LogP contribution in [0.2, 0.25) is 0 Å². The maximum Gasteiger partial charge on any atom is 0.406 e. The number of halogens is 3. The lowest BCUT2D eigenvalue weighted by molar-refractivity contribution is -0.141. The number of alkyl halides is 3. The van der Waals surface area contributed by atoms with Crippen molar-refractivity contribution in [1.29, 1.82) is 0 Å². The summed E-state index contributed by atoms with van der Waals surface area (Å²) in [5, 5.41) is 0. The van der Waals surface area contributed by atoms with Gasteiger partial charge in [-0.05, 0) is 31.4 Å². The summed E-state index contributed by atoms with van der Waals surface area (Å²) in [6.07, 6.45) is 1.73. The van der Waals surface area contributed by atoms with Crippen molar-refractivity contribution in [2.45, 2.75) is 44.6 Å². The SMILES string of the molecule is FC(F)(F)Cn1ccnc1CN1CCC[C@@H]1Cc1ccccc1. The van der Waals surface area contributed by atoms with Gasteiger partial charge in [0.25, 0.3) is 0 Å². The largest absolute Gasteiger partial charge is 0.406 e. The van der Waals surface area contributed by atoms with Crippen molar-refractivity contribution in [2.24, 2.45) is 0 Å². The van der Waals surface area contributed by atoms with E-state index in [4.69, 9.17) is 0 Å². The molecule has 3 nitrogen and oxygen atoms in total. The van der Waals surface area contributed by atoms with Gasteiger partial charge in [0, 0.05) is 18.4 Å². The van der Waals surface area contributed by atoms with Crippen LogP contribution in [0.3, 0.4) is 0 Å². The lowest BCUT2D eigenvalue weighted by Gasteiger charge is -2.24. The predicted molar refractivity (Wildman–Crippen MR) is 81.9 cm³/mol. The first-order valence-electron chi connectivity index (χ1n) is 7.86. The van der Waals surface area contributed by atoms with Crippen molar-refractivity contribution in [3.8, 4) is 0 Å². The van der Waals surface area contributed by atoms with Crippen LogP contribution in [-0.4, -0.2) is 33.2 Å². The standard InChI is InChI=1S/C17H20F3N3/c18-17(19,20)13-23-10-8-21-16(23)12-22-9-4-7-15(22)11-14-5-2-1-3-6-14/h1-3,5-6,8,10,15H,4,7,9,11-13H2/t15-/m1/s1. The quantitative estimate of drug-likeness (QED) is 0.837. The highest BCUT2D eigenvalue weighted by molar-refractivity contribution is 5.16. The molecule has 1 fully saturated rings. The average molecular weight is 323 g/mol. The van der Waals surface area contributed by atoms with Crippen LogP contribution in [0.15, 0.2) is 42.7 Å². The Kier molecular flexibility index (Phi) is 4.71. The number of rotatable bonds is 5. The van der Waals surface area contributed by atoms with E-state index in [1.807, 2.05) is 18.2 Å². The van der Waals surface area contributed by atoms with Gasteiger partial charge in [0.1, 0.15) is 12.4 Å². The molecule has 0 unspecified atom stereocenters. The van der Waals surface area contributed by atoms with E-state index in [2.05, 4.69) is 22.0 Å². The Balaban J connectivity index is 1.66. The van der Waals surface area contributed by atoms with Crippen LogP contribution >= 0.6 is 0 Å². The van der Waals surface area contributed by atoms with Gasteiger partial charge in [-0.15, -0.1) is 0 Å². The zero-order valence-electron chi connectivity index (χ0n) is 12.8. The molecule has 1 aliphatic rings. The second-order valence-corrected chi connectivity index (χ2v) is 6.04. The zero-order chi connectivity index (χ0) is 16.3. The topological polar surface area (TPSA) is 21.1 Å². The van der Waals surface area contributed by atoms with Crippen LogP contribution in [0.1, 0.15) is 24.2 Å². The Morgan fingerprint density at radius 2 is 1.96 bits per heavy atom. The summed E-state index contributed by atoms with van der Waals surface area (Å²) in [4.78, 5) is 6.38. The summed E-state index contributed by atoms with van der Waals surface area (Å²) in [7, 11) is 0. The summed E-state index contributed by atoms with van der Waals surface area (Å²) < 4.78 is 39.0. The van der Waals surface area contributed by atoms with Crippen LogP contribution in [-0.2, 0) is 19.5 Å². The highest BCUT2D eigenvalue weighted by atomic mass is 19.4. The van der Waals surface area contributed by atoms with Gasteiger partial charge in [0.15, 0.2) is 0 Å². The monoisotopic (exact) mass is 323 g/mol. The third kappa shape index (κ3) is 4.34. The Hall–Kier alpha value is -1.82. The summed E-state index contributed by atoms with van der Waals surface area (Å²) in [5.74, 6) is 0.488. The number of benzene rings is 1. The molecule has 0 bridgehead atoms. The number of imidazole rings is 1. The Morgan fingerprint density at radius 3 is 2.70 bits per heavy atom. The molecule has 3 rings (SSSR count). The molecule has 0 radical (unpaired) electrons. The highest BCUT2D eigenvalue weighted by Crippen LogP contribution is 2.24. The molecular formula is C17H20F3N3. The van der Waals surface area contributed by atoms with Gasteiger partial charge >= 0.3 is 6.18 Å². The minimum absolute atomic E-state index is 0.369. The van der Waals surface area contributed by atoms with Crippen molar-refractivity contribution in [2.75, 3.05) is 6.54 Å². The first kappa shape index (κ1) is 16.1. The molecule has 1 aromatic heterocycles. The number of likely N-dealkylation sites (tertiary alicyclic amines) is 1. The number of hydrogen-bond acceptors (Lipinski definition) is 2. The molecule has 1 saturated heterocycles. The molecule has 2 heterocycles. The van der Waals surface area contributed by atoms with E-state index in [1.165, 1.54) is 22.5 Å². The molecule has 0 saturated carbocycles. The summed E-state index contributed by atoms with van der Waals surface area (Å²) in [6, 6.07) is 10.6. The lowest BCUT2D eigenvalue weighted by Crippen LogP contribution is -2.32. The Bertz CT molecular complexity index is 622. The minimum atomic E-state index is -4.22. The van der Waals surface area contributed by atoms with Gasteiger partial charge in [0.05, 0.1) is 6.54 Å². The predicted octanol–water partition coefficient (Wildman–Crippen LogP) is 3.65. The second kappa shape index (κ2) is 6.74. The van der Waals surface area contributed by atoms with Crippen molar-refractivity contribution in [3.63, 3.8) is 0 Å². The summed E-state index contributed by atoms with van der Waals surface area (Å²) in [5.41, 5.74) is 1.27. The molecule has 2 aromatic rings. The normalized spacial score (nSPS) is 19.3. The highest BCUT2D eigenvalue weighted by Gasteiger charge is 2.30. The van der Waals surface area contributed by atoms with Crippen molar-refractivity contribution in [3.05, 3.63) is 54.1 Å². The van der Waals surface area contributed by atoms with Gasteiger partial charge < -0.3 is 4.57 Å². The smallest absolute Gasteiger partial charge is 0.325 e. The second-order valence-electron chi connectivity index (χ2n) is 6.04. The fourth-order valence-electron chi connectivity index (χ4n) is 3.23. The van der Waals surface area contributed by atoms with E-state index >= 15 is 0 Å². The molecule has 0 amide bonds. The van der Waals surface area contributed by atoms with Gasteiger partial charge in [0.2, 0.25) is 0 Å². The molecule has 124 valence electrons. The third-order valence-electron chi connectivity index (χ3n) is 4.31. The number of nitrogens with zero attached hydrogens (tertiary/aromatic N) is 3. The Morgan fingerprint density at radius 1 is 1.17 bits per heavy atom. The summed E-state index contributed by atoms with van der Waals surface area (Å²) in [6.45, 7) is 0.413. The van der Waals surface area contributed by atoms with Crippen LogP contribution in [0, 0.1) is 0 Å². The maximum atomic E-state index is 12.6. The van der Waals surface area contributed by atoms with Crippen LogP contribution in [0.5, 0.6) is 0 Å². The van der Waals surface area contributed by atoms with Gasteiger partial charge in [-0.3, -0.25) is 4.90 Å². The maximum absolute atomic E-state index is 12.6. The molecular weight excluding hydrogens is 303 g/mol. The molecule has 1 atom stereocenters. The van der Waals surface area contributed by atoms with Gasteiger partial charge in [-0.2, -0.15) is 13.2 Å². The van der Waals surface area contributed by atoms with Crippen molar-refractivity contribution < 1.29 is 13.2 Å². The molecule has 0 aliphatic carbocycles. The Labute approximate surface area is 133 Å². The van der Waals surface area contributed by atoms with Crippen molar-refractivity contribution in [1.82, 2.24) is 14.5 Å². The molecule has 1 aliphatic heterocycles. The number of hydrogen-bond donors (Lipinski definition) is 0. The van der Waals surface area contributed by atoms with E-state index in [0.29, 0.717) is 18.4 Å². The van der Waals surface area contributed by atoms with E-state index in [1.54, 1.807) is 0 Å². The van der Waals surface area contributed by atoms with Gasteiger partial charge in [-0.25, -0.2) is 4.98 Å². The molecule has 23 heavy (non-hydrogen) atoms. The first-order valence-corrected chi connectivity index (χ1v) is 7.86. The lowest BCUT2D eigenvalue weighted by atomic mass is 10.0. The van der Waals surface area contributed by atoms with E-state index in [-0.39, 0.29) is 0 Å². The van der Waals surface area contributed by atoms with Crippen LogP contribution < -0.4 is 0 Å². The van der Waals surface area contributed by atoms with Gasteiger partial charge in [-0.1, -0.05) is 30.3 Å². The number of aromatic nitrogens is 2. The fraction of sp³-hybridized carbons (Fsp3) is 0.471. The molecule has 1 aromatic carbocycles. The van der Waals surface area contributed by atoms with Crippen molar-refractivity contribution >= 4 is 0 Å². The van der Waals surface area contributed by atoms with Crippen LogP contribution in [0.25, 0.3) is 0 Å². The van der Waals surface area contributed by atoms with E-state index in [0.717, 1.165) is 25.8 Å². The summed E-state index contributed by atoms with van der Waals surface area (Å²) >= 11 is 0. The zero-order valence-corrected chi connectivity index (χ0v) is 12.8. The third-order valence-corrected chi connectivity index (χ3v) is 4.31. The fourth-order valence-corrected chi connectivity index (χ4v) is 3.23. The first-order chi connectivity index (χ1) is 11.0. The van der Waals surface area contributed by atoms with E-state index in [9.17, 15) is 13.2 Å². The van der Waals surface area contributed by atoms with E-state index < -0.39 is 12.7 Å². The molecule has 6 heteroatoms.